The largest absolute Gasteiger partial charge is 0.481 e. The van der Waals surface area contributed by atoms with E-state index in [1.165, 1.54) is 12.0 Å². The fraction of sp³-hybridized carbons (Fsp3) is 0.481. The number of aryl methyl sites for hydroxylation is 1. The molecule has 0 spiro atoms. The Labute approximate surface area is 205 Å². The summed E-state index contributed by atoms with van der Waals surface area (Å²) in [5.74, 6) is 1.02. The Bertz CT molecular complexity index is 859. The fourth-order valence-corrected chi connectivity index (χ4v) is 2.92. The summed E-state index contributed by atoms with van der Waals surface area (Å²) < 4.78 is 4.96. The topological polar surface area (TPSA) is 74.6 Å². The van der Waals surface area contributed by atoms with Gasteiger partial charge in [0, 0.05) is 31.9 Å². The summed E-state index contributed by atoms with van der Waals surface area (Å²) in [5.41, 5.74) is 2.42. The Kier molecular flexibility index (Phi) is 16.5. The van der Waals surface area contributed by atoms with Crippen molar-refractivity contribution in [3.8, 4) is 0 Å². The van der Waals surface area contributed by atoms with Gasteiger partial charge in [-0.3, -0.25) is 19.5 Å². The van der Waals surface area contributed by atoms with E-state index in [1.807, 2.05) is 46.9 Å². The smallest absolute Gasteiger partial charge is 0.260 e. The molecule has 0 saturated heterocycles. The van der Waals surface area contributed by atoms with Crippen LogP contribution in [0.25, 0.3) is 0 Å². The maximum absolute atomic E-state index is 12.6. The standard InChI is InChI=1S/C25H36N4O3.C2H6/c1-7-12-23(18-27-22(4)32-6)17-26-21(3)28(5)15-10-11-16-29(19-30)25(31)24-14-9-8-13-20(24)2;1-2/h8-9,12-14,18-19H,4,7,10-11,15-17H2,1-3,5-6H3;1-2H3/b23-12-,26-21?,27-18-;. The van der Waals surface area contributed by atoms with Crippen molar-refractivity contribution in [3.63, 3.8) is 0 Å². The van der Waals surface area contributed by atoms with Gasteiger partial charge in [0.25, 0.3) is 5.91 Å². The lowest BCUT2D eigenvalue weighted by Crippen LogP contribution is -2.32. The first kappa shape index (κ1) is 30.8. The van der Waals surface area contributed by atoms with Crippen molar-refractivity contribution < 1.29 is 14.3 Å². The molecule has 0 radical (unpaired) electrons. The molecule has 34 heavy (non-hydrogen) atoms. The number of ether oxygens (including phenoxy) is 1. The number of imide groups is 1. The number of allylic oxidation sites excluding steroid dienone is 1. The van der Waals surface area contributed by atoms with E-state index in [0.29, 0.717) is 30.9 Å². The highest BCUT2D eigenvalue weighted by Gasteiger charge is 2.16. The summed E-state index contributed by atoms with van der Waals surface area (Å²) in [4.78, 5) is 36.1. The maximum Gasteiger partial charge on any atom is 0.260 e. The number of amidine groups is 1. The number of carbonyl (C=O) groups is 2. The molecule has 2 amide bonds. The predicted octanol–water partition coefficient (Wildman–Crippen LogP) is 5.28. The average molecular weight is 471 g/mol. The highest BCUT2D eigenvalue weighted by atomic mass is 16.5. The van der Waals surface area contributed by atoms with Crippen LogP contribution in [-0.2, 0) is 9.53 Å². The Morgan fingerprint density at radius 1 is 1.18 bits per heavy atom. The minimum atomic E-state index is -0.253. The van der Waals surface area contributed by atoms with E-state index < -0.39 is 0 Å². The van der Waals surface area contributed by atoms with Crippen molar-refractivity contribution in [2.24, 2.45) is 9.98 Å². The number of rotatable bonds is 13. The molecule has 1 rings (SSSR count). The van der Waals surface area contributed by atoms with Crippen LogP contribution in [0.4, 0.5) is 0 Å². The average Bonchev–Trinajstić information content (AvgIpc) is 2.86. The first-order valence-corrected chi connectivity index (χ1v) is 11.8. The van der Waals surface area contributed by atoms with Gasteiger partial charge >= 0.3 is 0 Å². The van der Waals surface area contributed by atoms with E-state index in [-0.39, 0.29) is 5.91 Å². The summed E-state index contributed by atoms with van der Waals surface area (Å²) in [5, 5.41) is 0. The minimum Gasteiger partial charge on any atom is -0.481 e. The Hall–Kier alpha value is -3.22. The van der Waals surface area contributed by atoms with Gasteiger partial charge in [0.05, 0.1) is 19.5 Å². The first-order chi connectivity index (χ1) is 16.3. The van der Waals surface area contributed by atoms with E-state index in [1.54, 1.807) is 18.3 Å². The third kappa shape index (κ3) is 11.6. The van der Waals surface area contributed by atoms with Gasteiger partial charge in [-0.25, -0.2) is 4.99 Å². The van der Waals surface area contributed by atoms with Crippen LogP contribution in [0.1, 0.15) is 62.9 Å². The number of hydrogen-bond acceptors (Lipinski definition) is 5. The molecule has 0 aliphatic rings. The molecule has 1 aromatic carbocycles. The number of carbonyl (C=O) groups excluding carboxylic acids is 2. The molecule has 0 aliphatic heterocycles. The van der Waals surface area contributed by atoms with Gasteiger partial charge in [0.1, 0.15) is 0 Å². The van der Waals surface area contributed by atoms with Crippen LogP contribution in [0.2, 0.25) is 0 Å². The molecule has 0 atom stereocenters. The molecule has 0 bridgehead atoms. The molecule has 7 nitrogen and oxygen atoms in total. The van der Waals surface area contributed by atoms with Gasteiger partial charge in [0.2, 0.25) is 12.3 Å². The SMILES string of the molecule is C=C(/N=C\C(=C/CC)CN=C(C)N(C)CCCCN(C=O)C(=O)c1ccccc1C)OC.CC. The maximum atomic E-state index is 12.6. The molecule has 0 saturated carbocycles. The van der Waals surface area contributed by atoms with E-state index in [0.717, 1.165) is 42.8 Å². The van der Waals surface area contributed by atoms with Crippen molar-refractivity contribution in [1.29, 1.82) is 0 Å². The van der Waals surface area contributed by atoms with Crippen LogP contribution in [0.5, 0.6) is 0 Å². The predicted molar refractivity (Wildman–Crippen MR) is 142 cm³/mol. The number of benzene rings is 1. The molecule has 0 aliphatic carbocycles. The Morgan fingerprint density at radius 3 is 2.41 bits per heavy atom. The van der Waals surface area contributed by atoms with Crippen LogP contribution in [0.3, 0.4) is 0 Å². The van der Waals surface area contributed by atoms with Crippen LogP contribution in [-0.4, -0.2) is 68.0 Å². The molecule has 0 fully saturated rings. The number of unbranched alkanes of at least 4 members (excludes halogenated alkanes) is 1. The summed E-state index contributed by atoms with van der Waals surface area (Å²) in [6.07, 6.45) is 6.86. The third-order valence-electron chi connectivity index (χ3n) is 5.03. The molecule has 0 heterocycles. The molecular formula is C27H42N4O3. The fourth-order valence-electron chi connectivity index (χ4n) is 2.92. The summed E-state index contributed by atoms with van der Waals surface area (Å²) in [6, 6.07) is 7.30. The molecule has 7 heteroatoms. The normalized spacial score (nSPS) is 11.5. The van der Waals surface area contributed by atoms with Gasteiger partial charge in [-0.05, 0) is 56.9 Å². The molecular weight excluding hydrogens is 428 g/mol. The van der Waals surface area contributed by atoms with Crippen molar-refractivity contribution in [2.45, 2.75) is 53.9 Å². The van der Waals surface area contributed by atoms with E-state index in [4.69, 9.17) is 4.74 Å². The van der Waals surface area contributed by atoms with Crippen molar-refractivity contribution >= 4 is 24.4 Å². The zero-order valence-electron chi connectivity index (χ0n) is 22.0. The first-order valence-electron chi connectivity index (χ1n) is 11.8. The Balaban J connectivity index is 0.00000529. The molecule has 188 valence electrons. The van der Waals surface area contributed by atoms with Crippen LogP contribution >= 0.6 is 0 Å². The lowest BCUT2D eigenvalue weighted by atomic mass is 10.1. The van der Waals surface area contributed by atoms with Crippen LogP contribution in [0.15, 0.2) is 58.4 Å². The lowest BCUT2D eigenvalue weighted by molar-refractivity contribution is -0.116. The number of amides is 2. The highest BCUT2D eigenvalue weighted by molar-refractivity contribution is 6.00. The molecule has 0 N–H and O–H groups in total. The van der Waals surface area contributed by atoms with Gasteiger partial charge in [-0.2, -0.15) is 0 Å². The monoisotopic (exact) mass is 470 g/mol. The second kappa shape index (κ2) is 18.2. The Morgan fingerprint density at radius 2 is 1.82 bits per heavy atom. The van der Waals surface area contributed by atoms with Gasteiger partial charge in [-0.15, -0.1) is 0 Å². The second-order valence-corrected chi connectivity index (χ2v) is 7.45. The van der Waals surface area contributed by atoms with Crippen LogP contribution in [0, 0.1) is 6.92 Å². The number of methoxy groups -OCH3 is 1. The molecule has 0 aromatic heterocycles. The summed E-state index contributed by atoms with van der Waals surface area (Å²) >= 11 is 0. The number of hydrogen-bond donors (Lipinski definition) is 0. The van der Waals surface area contributed by atoms with Crippen molar-refractivity contribution in [3.05, 3.63) is 59.5 Å². The zero-order chi connectivity index (χ0) is 25.9. The molecule has 0 unspecified atom stereocenters. The highest BCUT2D eigenvalue weighted by Crippen LogP contribution is 2.10. The second-order valence-electron chi connectivity index (χ2n) is 7.45. The zero-order valence-corrected chi connectivity index (χ0v) is 22.0. The third-order valence-corrected chi connectivity index (χ3v) is 5.03. The number of aliphatic imine (C=N–C) groups is 2. The van der Waals surface area contributed by atoms with Crippen LogP contribution < -0.4 is 0 Å². The van der Waals surface area contributed by atoms with Gasteiger partial charge < -0.3 is 9.64 Å². The number of nitrogens with zero attached hydrogens (tertiary/aromatic N) is 4. The van der Waals surface area contributed by atoms with Crippen molar-refractivity contribution in [1.82, 2.24) is 9.80 Å². The lowest BCUT2D eigenvalue weighted by Gasteiger charge is -2.20. The van der Waals surface area contributed by atoms with Gasteiger partial charge in [-0.1, -0.05) is 45.0 Å². The van der Waals surface area contributed by atoms with E-state index >= 15 is 0 Å². The quantitative estimate of drug-likeness (QED) is 0.129. The van der Waals surface area contributed by atoms with E-state index in [2.05, 4.69) is 34.5 Å². The van der Waals surface area contributed by atoms with Gasteiger partial charge in [0.15, 0.2) is 0 Å². The van der Waals surface area contributed by atoms with Crippen molar-refractivity contribution in [2.75, 3.05) is 33.8 Å². The van der Waals surface area contributed by atoms with E-state index in [9.17, 15) is 9.59 Å². The summed E-state index contributed by atoms with van der Waals surface area (Å²) in [6.45, 7) is 15.3. The minimum absolute atomic E-state index is 0.253. The summed E-state index contributed by atoms with van der Waals surface area (Å²) in [7, 11) is 3.52. The molecule has 1 aromatic rings.